The molecule has 2 aromatic carbocycles. The van der Waals surface area contributed by atoms with Crippen molar-refractivity contribution in [1.82, 2.24) is 4.98 Å². The molecule has 0 aliphatic heterocycles. The van der Waals surface area contributed by atoms with Gasteiger partial charge in [0.05, 0.1) is 11.8 Å². The molecule has 6 heteroatoms. The van der Waals surface area contributed by atoms with Crippen molar-refractivity contribution < 1.29 is 14.3 Å². The third-order valence-corrected chi connectivity index (χ3v) is 4.50. The summed E-state index contributed by atoms with van der Waals surface area (Å²) < 4.78 is 11.9. The lowest BCUT2D eigenvalue weighted by atomic mass is 10.1. The minimum Gasteiger partial charge on any atom is -0.494 e. The monoisotopic (exact) mass is 342 g/mol. The fraction of sp³-hybridized carbons (Fsp3) is 0.222. The average molecular weight is 342 g/mol. The first-order valence-corrected chi connectivity index (χ1v) is 8.47. The van der Waals surface area contributed by atoms with E-state index in [0.717, 1.165) is 28.0 Å². The number of carbonyl (C=O) groups excluding carboxylic acids is 1. The number of hydrogen-bond donors (Lipinski definition) is 1. The summed E-state index contributed by atoms with van der Waals surface area (Å²) in [4.78, 5) is 16.5. The van der Waals surface area contributed by atoms with Crippen molar-refractivity contribution in [3.8, 4) is 11.5 Å². The molecule has 1 heterocycles. The number of carbonyl (C=O) groups is 1. The van der Waals surface area contributed by atoms with Crippen LogP contribution in [0.2, 0.25) is 0 Å². The van der Waals surface area contributed by atoms with Crippen LogP contribution in [0.15, 0.2) is 42.5 Å². The number of para-hydroxylation sites is 2. The van der Waals surface area contributed by atoms with E-state index < -0.39 is 0 Å². The zero-order valence-corrected chi connectivity index (χ0v) is 14.4. The number of methoxy groups -OCH3 is 1. The Bertz CT molecular complexity index is 860. The van der Waals surface area contributed by atoms with Gasteiger partial charge in [0.25, 0.3) is 5.91 Å². The van der Waals surface area contributed by atoms with E-state index >= 15 is 0 Å². The number of hydrogen-bond acceptors (Lipinski definition) is 5. The number of rotatable bonds is 6. The van der Waals surface area contributed by atoms with Gasteiger partial charge in [-0.15, -0.1) is 0 Å². The molecule has 0 bridgehead atoms. The van der Waals surface area contributed by atoms with Crippen molar-refractivity contribution in [2.24, 2.45) is 0 Å². The first-order chi connectivity index (χ1) is 11.7. The van der Waals surface area contributed by atoms with Crippen molar-refractivity contribution in [3.05, 3.63) is 48.0 Å². The fourth-order valence-corrected chi connectivity index (χ4v) is 3.28. The highest BCUT2D eigenvalue weighted by Gasteiger charge is 2.12. The second-order valence-electron chi connectivity index (χ2n) is 5.12. The van der Waals surface area contributed by atoms with E-state index in [1.54, 1.807) is 7.11 Å². The third kappa shape index (κ3) is 3.49. The minimum atomic E-state index is -0.237. The normalized spacial score (nSPS) is 10.6. The quantitative estimate of drug-likeness (QED) is 0.738. The number of thiazole rings is 1. The van der Waals surface area contributed by atoms with Crippen LogP contribution in [-0.2, 0) is 11.2 Å². The SMILES string of the molecule is CCc1ccccc1OCC(=O)Nc1nc2c(OC)cccc2s1. The molecule has 0 saturated heterocycles. The molecule has 3 aromatic rings. The molecule has 0 aliphatic rings. The maximum absolute atomic E-state index is 12.1. The summed E-state index contributed by atoms with van der Waals surface area (Å²) in [5.74, 6) is 1.19. The summed E-state index contributed by atoms with van der Waals surface area (Å²) in [6, 6.07) is 13.4. The molecule has 1 aromatic heterocycles. The average Bonchev–Trinajstić information content (AvgIpc) is 3.02. The maximum Gasteiger partial charge on any atom is 0.264 e. The molecule has 0 aliphatic carbocycles. The Morgan fingerprint density at radius 3 is 2.75 bits per heavy atom. The van der Waals surface area contributed by atoms with E-state index in [1.165, 1.54) is 11.3 Å². The Morgan fingerprint density at radius 1 is 1.17 bits per heavy atom. The number of aryl methyl sites for hydroxylation is 1. The number of anilines is 1. The van der Waals surface area contributed by atoms with Gasteiger partial charge < -0.3 is 9.47 Å². The molecule has 1 N–H and O–H groups in total. The van der Waals surface area contributed by atoms with Crippen LogP contribution in [0.4, 0.5) is 5.13 Å². The second-order valence-corrected chi connectivity index (χ2v) is 6.15. The van der Waals surface area contributed by atoms with Gasteiger partial charge in [-0.1, -0.05) is 42.5 Å². The van der Waals surface area contributed by atoms with Crippen LogP contribution in [0.1, 0.15) is 12.5 Å². The molecule has 1 amide bonds. The van der Waals surface area contributed by atoms with Crippen molar-refractivity contribution in [2.75, 3.05) is 19.0 Å². The van der Waals surface area contributed by atoms with Gasteiger partial charge in [-0.2, -0.15) is 0 Å². The first kappa shape index (κ1) is 16.3. The molecular weight excluding hydrogens is 324 g/mol. The van der Waals surface area contributed by atoms with Crippen molar-refractivity contribution in [2.45, 2.75) is 13.3 Å². The Labute approximate surface area is 144 Å². The van der Waals surface area contributed by atoms with Gasteiger partial charge in [0.2, 0.25) is 0 Å². The highest BCUT2D eigenvalue weighted by Crippen LogP contribution is 2.32. The molecule has 5 nitrogen and oxygen atoms in total. The van der Waals surface area contributed by atoms with Crippen LogP contribution >= 0.6 is 11.3 Å². The number of nitrogens with zero attached hydrogens (tertiary/aromatic N) is 1. The van der Waals surface area contributed by atoms with E-state index in [-0.39, 0.29) is 12.5 Å². The van der Waals surface area contributed by atoms with Gasteiger partial charge >= 0.3 is 0 Å². The lowest BCUT2D eigenvalue weighted by Crippen LogP contribution is -2.20. The van der Waals surface area contributed by atoms with Crippen LogP contribution in [0.25, 0.3) is 10.2 Å². The van der Waals surface area contributed by atoms with Crippen molar-refractivity contribution in [1.29, 1.82) is 0 Å². The molecule has 0 atom stereocenters. The number of fused-ring (bicyclic) bond motifs is 1. The predicted octanol–water partition coefficient (Wildman–Crippen LogP) is 3.88. The largest absolute Gasteiger partial charge is 0.494 e. The van der Waals surface area contributed by atoms with Crippen LogP contribution < -0.4 is 14.8 Å². The summed E-state index contributed by atoms with van der Waals surface area (Å²) in [6.07, 6.45) is 0.857. The molecule has 3 rings (SSSR count). The van der Waals surface area contributed by atoms with Gasteiger partial charge in [0.15, 0.2) is 11.7 Å². The Morgan fingerprint density at radius 2 is 1.96 bits per heavy atom. The third-order valence-electron chi connectivity index (χ3n) is 3.56. The molecular formula is C18H18N2O3S. The summed E-state index contributed by atoms with van der Waals surface area (Å²) in [7, 11) is 1.60. The van der Waals surface area contributed by atoms with Gasteiger partial charge in [-0.05, 0) is 30.2 Å². The highest BCUT2D eigenvalue weighted by atomic mass is 32.1. The van der Waals surface area contributed by atoms with E-state index in [2.05, 4.69) is 17.2 Å². The van der Waals surface area contributed by atoms with E-state index in [9.17, 15) is 4.79 Å². The number of nitrogens with one attached hydrogen (secondary N) is 1. The number of aromatic nitrogens is 1. The predicted molar refractivity (Wildman–Crippen MR) is 96.1 cm³/mol. The van der Waals surface area contributed by atoms with Crippen LogP contribution in [0, 0.1) is 0 Å². The van der Waals surface area contributed by atoms with Crippen molar-refractivity contribution in [3.63, 3.8) is 0 Å². The molecule has 0 fully saturated rings. The number of amides is 1. The van der Waals surface area contributed by atoms with E-state index in [4.69, 9.17) is 9.47 Å². The first-order valence-electron chi connectivity index (χ1n) is 7.65. The lowest BCUT2D eigenvalue weighted by molar-refractivity contribution is -0.118. The lowest BCUT2D eigenvalue weighted by Gasteiger charge is -2.09. The zero-order valence-electron chi connectivity index (χ0n) is 13.5. The topological polar surface area (TPSA) is 60.5 Å². The van der Waals surface area contributed by atoms with Gasteiger partial charge in [-0.3, -0.25) is 10.1 Å². The highest BCUT2D eigenvalue weighted by molar-refractivity contribution is 7.22. The van der Waals surface area contributed by atoms with Crippen molar-refractivity contribution >= 4 is 32.6 Å². The fourth-order valence-electron chi connectivity index (χ4n) is 2.38. The molecule has 24 heavy (non-hydrogen) atoms. The molecule has 0 saturated carbocycles. The standard InChI is InChI=1S/C18H18N2O3S/c1-3-12-7-4-5-8-13(12)23-11-16(21)19-18-20-17-14(22-2)9-6-10-15(17)24-18/h4-10H,3,11H2,1-2H3,(H,19,20,21). The van der Waals surface area contributed by atoms with Crippen LogP contribution in [0.3, 0.4) is 0 Å². The number of benzene rings is 2. The molecule has 0 spiro atoms. The van der Waals surface area contributed by atoms with Crippen LogP contribution in [0.5, 0.6) is 11.5 Å². The summed E-state index contributed by atoms with van der Waals surface area (Å²) in [5, 5.41) is 3.31. The Hall–Kier alpha value is -2.60. The van der Waals surface area contributed by atoms with Gasteiger partial charge in [0, 0.05) is 0 Å². The Kier molecular flexibility index (Phi) is 4.96. The molecule has 124 valence electrons. The van der Waals surface area contributed by atoms with Gasteiger partial charge in [-0.25, -0.2) is 4.98 Å². The summed E-state index contributed by atoms with van der Waals surface area (Å²) in [5.41, 5.74) is 1.83. The minimum absolute atomic E-state index is 0.0515. The smallest absolute Gasteiger partial charge is 0.264 e. The van der Waals surface area contributed by atoms with Gasteiger partial charge in [0.1, 0.15) is 17.0 Å². The van der Waals surface area contributed by atoms with E-state index in [1.807, 2.05) is 42.5 Å². The van der Waals surface area contributed by atoms with Crippen LogP contribution in [-0.4, -0.2) is 24.6 Å². The Balaban J connectivity index is 1.67. The maximum atomic E-state index is 12.1. The number of ether oxygens (including phenoxy) is 2. The summed E-state index contributed by atoms with van der Waals surface area (Å²) >= 11 is 1.41. The summed E-state index contributed by atoms with van der Waals surface area (Å²) in [6.45, 7) is 2.00. The molecule has 0 unspecified atom stereocenters. The second kappa shape index (κ2) is 7.31. The zero-order chi connectivity index (χ0) is 16.9. The van der Waals surface area contributed by atoms with E-state index in [0.29, 0.717) is 10.9 Å². The molecule has 0 radical (unpaired) electrons.